The number of anilines is 1. The van der Waals surface area contributed by atoms with Gasteiger partial charge in [-0.05, 0) is 56.1 Å². The van der Waals surface area contributed by atoms with E-state index < -0.39 is 0 Å². The number of carbonyl (C=O) groups excluding carboxylic acids is 1. The van der Waals surface area contributed by atoms with E-state index in [1.54, 1.807) is 12.1 Å². The number of fused-ring (bicyclic) bond motifs is 1. The first-order valence-electron chi connectivity index (χ1n) is 7.58. The van der Waals surface area contributed by atoms with Crippen LogP contribution < -0.4 is 4.90 Å². The molecule has 1 saturated heterocycles. The molecule has 0 unspecified atom stereocenters. The lowest BCUT2D eigenvalue weighted by molar-refractivity contribution is -0.119. The van der Waals surface area contributed by atoms with Gasteiger partial charge in [0.15, 0.2) is 0 Å². The molecule has 0 aromatic heterocycles. The standard InChI is InChI=1S/C16H22N2O2/c19-14-5-6-15-13(12-14)4-7-16(20)18(15)11-10-17-8-2-1-3-9-17/h5-6,12,19H,1-4,7-11H2. The molecular weight excluding hydrogens is 252 g/mol. The monoisotopic (exact) mass is 274 g/mol. The van der Waals surface area contributed by atoms with Gasteiger partial charge in [0.25, 0.3) is 0 Å². The summed E-state index contributed by atoms with van der Waals surface area (Å²) in [7, 11) is 0. The fourth-order valence-electron chi connectivity index (χ4n) is 3.22. The van der Waals surface area contributed by atoms with Crippen LogP contribution in [0.2, 0.25) is 0 Å². The molecule has 0 atom stereocenters. The zero-order valence-electron chi connectivity index (χ0n) is 11.8. The summed E-state index contributed by atoms with van der Waals surface area (Å²) >= 11 is 0. The van der Waals surface area contributed by atoms with Crippen molar-refractivity contribution in [2.45, 2.75) is 32.1 Å². The maximum absolute atomic E-state index is 12.2. The van der Waals surface area contributed by atoms with Crippen molar-refractivity contribution < 1.29 is 9.90 Å². The Balaban J connectivity index is 1.70. The fourth-order valence-corrected chi connectivity index (χ4v) is 3.22. The third-order valence-corrected chi connectivity index (χ3v) is 4.35. The van der Waals surface area contributed by atoms with Gasteiger partial charge in [-0.15, -0.1) is 0 Å². The number of aromatic hydroxyl groups is 1. The molecule has 4 heteroatoms. The van der Waals surface area contributed by atoms with Gasteiger partial charge in [-0.3, -0.25) is 4.79 Å². The molecule has 1 N–H and O–H groups in total. The molecule has 4 nitrogen and oxygen atoms in total. The Morgan fingerprint density at radius 1 is 1.05 bits per heavy atom. The lowest BCUT2D eigenvalue weighted by Gasteiger charge is -2.33. The normalized spacial score (nSPS) is 20.0. The summed E-state index contributed by atoms with van der Waals surface area (Å²) in [5, 5.41) is 9.56. The van der Waals surface area contributed by atoms with Crippen molar-refractivity contribution in [3.63, 3.8) is 0 Å². The van der Waals surface area contributed by atoms with Crippen LogP contribution in [0.1, 0.15) is 31.2 Å². The average molecular weight is 274 g/mol. The number of amides is 1. The van der Waals surface area contributed by atoms with Crippen molar-refractivity contribution in [2.24, 2.45) is 0 Å². The number of aryl methyl sites for hydroxylation is 1. The minimum atomic E-state index is 0.209. The summed E-state index contributed by atoms with van der Waals surface area (Å²) in [5.74, 6) is 0.495. The van der Waals surface area contributed by atoms with Crippen LogP contribution in [0.3, 0.4) is 0 Å². The molecule has 20 heavy (non-hydrogen) atoms. The molecule has 2 aliphatic rings. The van der Waals surface area contributed by atoms with Crippen LogP contribution in [-0.2, 0) is 11.2 Å². The van der Waals surface area contributed by atoms with Gasteiger partial charge in [0.05, 0.1) is 0 Å². The summed E-state index contributed by atoms with van der Waals surface area (Å²) < 4.78 is 0. The second-order valence-electron chi connectivity index (χ2n) is 5.76. The van der Waals surface area contributed by atoms with Crippen LogP contribution in [0.25, 0.3) is 0 Å². The van der Waals surface area contributed by atoms with E-state index in [-0.39, 0.29) is 11.7 Å². The van der Waals surface area contributed by atoms with E-state index in [9.17, 15) is 9.90 Å². The predicted octanol–water partition coefficient (Wildman–Crippen LogP) is 2.16. The SMILES string of the molecule is O=C1CCc2cc(O)ccc2N1CCN1CCCCC1. The first kappa shape index (κ1) is 13.4. The van der Waals surface area contributed by atoms with E-state index >= 15 is 0 Å². The molecule has 0 spiro atoms. The van der Waals surface area contributed by atoms with Gasteiger partial charge in [-0.2, -0.15) is 0 Å². The molecule has 0 bridgehead atoms. The van der Waals surface area contributed by atoms with Gasteiger partial charge in [-0.25, -0.2) is 0 Å². The molecule has 0 aliphatic carbocycles. The molecule has 1 aromatic carbocycles. The van der Waals surface area contributed by atoms with Gasteiger partial charge in [-0.1, -0.05) is 6.42 Å². The smallest absolute Gasteiger partial charge is 0.227 e. The minimum absolute atomic E-state index is 0.209. The van der Waals surface area contributed by atoms with Crippen LogP contribution in [0.4, 0.5) is 5.69 Å². The molecule has 3 rings (SSSR count). The summed E-state index contributed by atoms with van der Waals surface area (Å²) in [6, 6.07) is 5.33. The second kappa shape index (κ2) is 5.83. The highest BCUT2D eigenvalue weighted by molar-refractivity contribution is 5.96. The first-order valence-corrected chi connectivity index (χ1v) is 7.58. The van der Waals surface area contributed by atoms with Crippen LogP contribution in [0.5, 0.6) is 5.75 Å². The third-order valence-electron chi connectivity index (χ3n) is 4.35. The topological polar surface area (TPSA) is 43.8 Å². The van der Waals surface area contributed by atoms with Gasteiger partial charge < -0.3 is 14.9 Å². The Morgan fingerprint density at radius 3 is 2.65 bits per heavy atom. The number of benzene rings is 1. The van der Waals surface area contributed by atoms with E-state index in [0.717, 1.165) is 43.9 Å². The number of carbonyl (C=O) groups is 1. The van der Waals surface area contributed by atoms with Gasteiger partial charge in [0.1, 0.15) is 5.75 Å². The summed E-state index contributed by atoms with van der Waals surface area (Å²) in [6.45, 7) is 4.03. The van der Waals surface area contributed by atoms with E-state index in [2.05, 4.69) is 4.90 Å². The largest absolute Gasteiger partial charge is 0.508 e. The van der Waals surface area contributed by atoms with Crippen LogP contribution in [-0.4, -0.2) is 42.1 Å². The average Bonchev–Trinajstić information content (AvgIpc) is 2.47. The van der Waals surface area contributed by atoms with Crippen LogP contribution >= 0.6 is 0 Å². The van der Waals surface area contributed by atoms with Crippen LogP contribution in [0, 0.1) is 0 Å². The second-order valence-corrected chi connectivity index (χ2v) is 5.76. The molecule has 1 fully saturated rings. The Bertz CT molecular complexity index is 495. The number of piperidine rings is 1. The molecule has 2 aliphatic heterocycles. The van der Waals surface area contributed by atoms with E-state index in [0.29, 0.717) is 6.42 Å². The number of hydrogen-bond donors (Lipinski definition) is 1. The van der Waals surface area contributed by atoms with Crippen molar-refractivity contribution >= 4 is 11.6 Å². The molecule has 2 heterocycles. The highest BCUT2D eigenvalue weighted by Crippen LogP contribution is 2.30. The number of rotatable bonds is 3. The quantitative estimate of drug-likeness (QED) is 0.918. The minimum Gasteiger partial charge on any atom is -0.508 e. The molecule has 1 amide bonds. The number of likely N-dealkylation sites (tertiary alicyclic amines) is 1. The van der Waals surface area contributed by atoms with Gasteiger partial charge in [0, 0.05) is 25.2 Å². The lowest BCUT2D eigenvalue weighted by atomic mass is 10.0. The highest BCUT2D eigenvalue weighted by Gasteiger charge is 2.24. The molecule has 1 aromatic rings. The Morgan fingerprint density at radius 2 is 1.85 bits per heavy atom. The zero-order valence-corrected chi connectivity index (χ0v) is 11.8. The highest BCUT2D eigenvalue weighted by atomic mass is 16.3. The van der Waals surface area contributed by atoms with E-state index in [1.165, 1.54) is 19.3 Å². The maximum Gasteiger partial charge on any atom is 0.227 e. The van der Waals surface area contributed by atoms with Crippen molar-refractivity contribution in [1.82, 2.24) is 4.90 Å². The fraction of sp³-hybridized carbons (Fsp3) is 0.562. The number of hydrogen-bond acceptors (Lipinski definition) is 3. The number of phenolic OH excluding ortho intramolecular Hbond substituents is 1. The first-order chi connectivity index (χ1) is 9.74. The van der Waals surface area contributed by atoms with Crippen molar-refractivity contribution in [1.29, 1.82) is 0 Å². The Hall–Kier alpha value is -1.55. The lowest BCUT2D eigenvalue weighted by Crippen LogP contribution is -2.42. The van der Waals surface area contributed by atoms with Crippen LogP contribution in [0.15, 0.2) is 18.2 Å². The van der Waals surface area contributed by atoms with Crippen molar-refractivity contribution in [2.75, 3.05) is 31.1 Å². The zero-order chi connectivity index (χ0) is 13.9. The van der Waals surface area contributed by atoms with Gasteiger partial charge in [0.2, 0.25) is 5.91 Å². The number of nitrogens with zero attached hydrogens (tertiary/aromatic N) is 2. The maximum atomic E-state index is 12.2. The third kappa shape index (κ3) is 2.80. The van der Waals surface area contributed by atoms with Crippen molar-refractivity contribution in [3.05, 3.63) is 23.8 Å². The molecule has 0 saturated carbocycles. The Labute approximate surface area is 120 Å². The van der Waals surface area contributed by atoms with E-state index in [4.69, 9.17) is 0 Å². The molecule has 0 radical (unpaired) electrons. The molecule has 108 valence electrons. The summed E-state index contributed by atoms with van der Waals surface area (Å²) in [6.07, 6.45) is 5.18. The van der Waals surface area contributed by atoms with Crippen molar-refractivity contribution in [3.8, 4) is 5.75 Å². The Kier molecular flexibility index (Phi) is 3.92. The summed E-state index contributed by atoms with van der Waals surface area (Å²) in [5.41, 5.74) is 2.07. The van der Waals surface area contributed by atoms with Gasteiger partial charge >= 0.3 is 0 Å². The number of phenols is 1. The van der Waals surface area contributed by atoms with E-state index in [1.807, 2.05) is 11.0 Å². The molecular formula is C16H22N2O2. The predicted molar refractivity (Wildman–Crippen MR) is 79.1 cm³/mol. The summed E-state index contributed by atoms with van der Waals surface area (Å²) in [4.78, 5) is 16.5.